The van der Waals surface area contributed by atoms with E-state index in [4.69, 9.17) is 5.73 Å². The van der Waals surface area contributed by atoms with Crippen LogP contribution in [-0.2, 0) is 0 Å². The summed E-state index contributed by atoms with van der Waals surface area (Å²) in [5.74, 6) is 7.76. The highest BCUT2D eigenvalue weighted by Crippen LogP contribution is 2.32. The number of anilines is 3. The van der Waals surface area contributed by atoms with Crippen molar-refractivity contribution in [3.63, 3.8) is 0 Å². The van der Waals surface area contributed by atoms with Crippen molar-refractivity contribution in [2.45, 2.75) is 38.6 Å². The van der Waals surface area contributed by atoms with E-state index in [0.717, 1.165) is 43.1 Å². The van der Waals surface area contributed by atoms with Crippen molar-refractivity contribution in [1.82, 2.24) is 15.2 Å². The number of pyridine rings is 1. The number of aromatic nitrogens is 3. The summed E-state index contributed by atoms with van der Waals surface area (Å²) >= 11 is 0. The quantitative estimate of drug-likeness (QED) is 0.576. The molecule has 1 aromatic carbocycles. The number of nitrogens with two attached hydrogens (primary N) is 1. The molecule has 0 unspecified atom stereocenters. The molecule has 0 radical (unpaired) electrons. The van der Waals surface area contributed by atoms with Crippen molar-refractivity contribution in [3.8, 4) is 28.8 Å². The Morgan fingerprint density at radius 1 is 1.03 bits per heavy atom. The second kappa shape index (κ2) is 9.60. The van der Waals surface area contributed by atoms with Gasteiger partial charge in [0.05, 0.1) is 11.4 Å². The first-order valence-electron chi connectivity index (χ1n) is 12.0. The Labute approximate surface area is 200 Å². The van der Waals surface area contributed by atoms with E-state index in [-0.39, 0.29) is 5.75 Å². The second-order valence-electron chi connectivity index (χ2n) is 9.13. The number of nitrogens with zero attached hydrogens (tertiary/aromatic N) is 5. The fraction of sp³-hybridized carbons (Fsp3) is 0.370. The second-order valence-corrected chi connectivity index (χ2v) is 9.13. The highest BCUT2D eigenvalue weighted by molar-refractivity contribution is 5.74. The number of phenolic OH excluding ortho intramolecular Hbond substituents is 1. The van der Waals surface area contributed by atoms with E-state index in [9.17, 15) is 5.11 Å². The lowest BCUT2D eigenvalue weighted by Crippen LogP contribution is -2.35. The molecule has 0 bridgehead atoms. The van der Waals surface area contributed by atoms with Crippen LogP contribution in [0.2, 0.25) is 0 Å². The molecule has 1 atom stereocenters. The van der Waals surface area contributed by atoms with E-state index in [0.29, 0.717) is 29.0 Å². The molecule has 174 valence electrons. The van der Waals surface area contributed by atoms with Crippen LogP contribution in [0.4, 0.5) is 17.2 Å². The van der Waals surface area contributed by atoms with Crippen molar-refractivity contribution < 1.29 is 5.11 Å². The fourth-order valence-electron chi connectivity index (χ4n) is 4.55. The van der Waals surface area contributed by atoms with Gasteiger partial charge in [-0.1, -0.05) is 24.5 Å². The molecule has 1 saturated heterocycles. The van der Waals surface area contributed by atoms with Crippen molar-refractivity contribution >= 4 is 17.2 Å². The molecule has 3 heterocycles. The predicted molar refractivity (Wildman–Crippen MR) is 136 cm³/mol. The Hall–Kier alpha value is -3.79. The largest absolute Gasteiger partial charge is 0.507 e. The molecular weight excluding hydrogens is 424 g/mol. The molecule has 7 heteroatoms. The van der Waals surface area contributed by atoms with E-state index in [1.54, 1.807) is 12.1 Å². The minimum atomic E-state index is 0.178. The molecular formula is C27H30N6O. The number of phenols is 1. The third-order valence-corrected chi connectivity index (χ3v) is 6.87. The molecule has 1 aliphatic carbocycles. The normalized spacial score (nSPS) is 18.6. The molecule has 2 aromatic heterocycles. The van der Waals surface area contributed by atoms with E-state index in [1.165, 1.54) is 19.3 Å². The van der Waals surface area contributed by atoms with E-state index in [2.05, 4.69) is 55.9 Å². The maximum Gasteiger partial charge on any atom is 0.169 e. The Morgan fingerprint density at radius 2 is 1.88 bits per heavy atom. The van der Waals surface area contributed by atoms with Gasteiger partial charge >= 0.3 is 0 Å². The average Bonchev–Trinajstić information content (AvgIpc) is 3.01. The highest BCUT2D eigenvalue weighted by atomic mass is 16.3. The fourth-order valence-corrected chi connectivity index (χ4v) is 4.55. The van der Waals surface area contributed by atoms with Gasteiger partial charge in [0.15, 0.2) is 5.82 Å². The lowest BCUT2D eigenvalue weighted by atomic mass is 9.86. The molecule has 0 spiro atoms. The summed E-state index contributed by atoms with van der Waals surface area (Å²) in [7, 11) is 0. The Kier molecular flexibility index (Phi) is 6.22. The molecule has 3 aromatic rings. The molecule has 34 heavy (non-hydrogen) atoms. The smallest absolute Gasteiger partial charge is 0.169 e. The Balaban J connectivity index is 1.36. The first-order chi connectivity index (χ1) is 16.6. The molecule has 2 aliphatic rings. The topological polar surface area (TPSA) is 91.4 Å². The molecule has 5 rings (SSSR count). The van der Waals surface area contributed by atoms with Gasteiger partial charge in [-0.3, -0.25) is 0 Å². The van der Waals surface area contributed by atoms with E-state index < -0.39 is 0 Å². The highest BCUT2D eigenvalue weighted by Gasteiger charge is 2.24. The molecule has 2 fully saturated rings. The number of hydrogen-bond acceptors (Lipinski definition) is 7. The summed E-state index contributed by atoms with van der Waals surface area (Å²) in [5, 5.41) is 18.7. The summed E-state index contributed by atoms with van der Waals surface area (Å²) in [6.07, 6.45) is 6.55. The van der Waals surface area contributed by atoms with Gasteiger partial charge in [-0.05, 0) is 62.4 Å². The number of benzene rings is 1. The van der Waals surface area contributed by atoms with Gasteiger partial charge < -0.3 is 20.6 Å². The SMILES string of the molecule is C[C@@H]1CCN(c2cc(-c3ccccc3O)nnc2N)CCN1c1ccnc(C#CC2CCC2)c1. The average molecular weight is 455 g/mol. The zero-order chi connectivity index (χ0) is 23.5. The maximum absolute atomic E-state index is 10.2. The molecule has 0 amide bonds. The molecule has 7 nitrogen and oxygen atoms in total. The van der Waals surface area contributed by atoms with Crippen molar-refractivity contribution in [3.05, 3.63) is 54.4 Å². The molecule has 3 N–H and O–H groups in total. The van der Waals surface area contributed by atoms with Crippen molar-refractivity contribution in [2.24, 2.45) is 5.92 Å². The van der Waals surface area contributed by atoms with Crippen LogP contribution in [0.1, 0.15) is 38.3 Å². The van der Waals surface area contributed by atoms with Gasteiger partial charge in [-0.25, -0.2) is 4.98 Å². The van der Waals surface area contributed by atoms with Crippen LogP contribution in [0.3, 0.4) is 0 Å². The van der Waals surface area contributed by atoms with Crippen LogP contribution in [0.15, 0.2) is 48.7 Å². The van der Waals surface area contributed by atoms with Crippen LogP contribution in [0.5, 0.6) is 5.75 Å². The van der Waals surface area contributed by atoms with Crippen LogP contribution in [0, 0.1) is 17.8 Å². The Morgan fingerprint density at radius 3 is 2.68 bits per heavy atom. The van der Waals surface area contributed by atoms with Crippen LogP contribution >= 0.6 is 0 Å². The minimum Gasteiger partial charge on any atom is -0.507 e. The zero-order valence-corrected chi connectivity index (χ0v) is 19.5. The summed E-state index contributed by atoms with van der Waals surface area (Å²) in [5.41, 5.74) is 10.3. The van der Waals surface area contributed by atoms with Gasteiger partial charge in [0.25, 0.3) is 0 Å². The van der Waals surface area contributed by atoms with Crippen LogP contribution < -0.4 is 15.5 Å². The Bertz CT molecular complexity index is 1230. The van der Waals surface area contributed by atoms with Gasteiger partial charge in [0.2, 0.25) is 0 Å². The number of para-hydroxylation sites is 1. The minimum absolute atomic E-state index is 0.178. The molecule has 1 saturated carbocycles. The predicted octanol–water partition coefficient (Wildman–Crippen LogP) is 4.08. The van der Waals surface area contributed by atoms with Gasteiger partial charge in [0, 0.05) is 49.0 Å². The van der Waals surface area contributed by atoms with Gasteiger partial charge in [-0.2, -0.15) is 0 Å². The number of hydrogen-bond donors (Lipinski definition) is 2. The third-order valence-electron chi connectivity index (χ3n) is 6.87. The lowest BCUT2D eigenvalue weighted by molar-refractivity contribution is 0.401. The van der Waals surface area contributed by atoms with Gasteiger partial charge in [0.1, 0.15) is 11.4 Å². The number of rotatable bonds is 3. The summed E-state index contributed by atoms with van der Waals surface area (Å²) < 4.78 is 0. The summed E-state index contributed by atoms with van der Waals surface area (Å²) in [4.78, 5) is 9.16. The third kappa shape index (κ3) is 4.62. The first kappa shape index (κ1) is 22.0. The lowest BCUT2D eigenvalue weighted by Gasteiger charge is -2.29. The van der Waals surface area contributed by atoms with Crippen molar-refractivity contribution in [2.75, 3.05) is 35.2 Å². The summed E-state index contributed by atoms with van der Waals surface area (Å²) in [6.45, 7) is 4.75. The number of aromatic hydroxyl groups is 1. The van der Waals surface area contributed by atoms with Crippen molar-refractivity contribution in [1.29, 1.82) is 0 Å². The van der Waals surface area contributed by atoms with Crippen LogP contribution in [-0.4, -0.2) is 46.0 Å². The van der Waals surface area contributed by atoms with E-state index in [1.807, 2.05) is 24.4 Å². The van der Waals surface area contributed by atoms with E-state index >= 15 is 0 Å². The maximum atomic E-state index is 10.2. The first-order valence-corrected chi connectivity index (χ1v) is 12.0. The summed E-state index contributed by atoms with van der Waals surface area (Å²) in [6, 6.07) is 13.6. The standard InChI is InChI=1S/C27H30N6O/c1-19-12-14-32(25-18-24(30-31-27(25)28)23-7-2-3-8-26(23)34)15-16-33(19)22-11-13-29-21(17-22)10-9-20-5-4-6-20/h2-3,7-8,11,13,17-20,34H,4-6,12,14-16H2,1H3,(H2,28,31)/t19-/m1/s1. The monoisotopic (exact) mass is 454 g/mol. The van der Waals surface area contributed by atoms with Crippen LogP contribution in [0.25, 0.3) is 11.3 Å². The van der Waals surface area contributed by atoms with Gasteiger partial charge in [-0.15, -0.1) is 10.2 Å². The molecule has 1 aliphatic heterocycles. The number of nitrogen functional groups attached to an aromatic ring is 1. The zero-order valence-electron chi connectivity index (χ0n) is 19.5.